The molecular formula is C21H27N5O7. The number of aliphatic carboxylic acids is 2. The SMILES string of the molecule is NC(=O)CCC(N)C(=O)NC(CCC(=O)O)C(=O)NC(Cc1c[nH]c2ccccc12)C(=O)O. The minimum Gasteiger partial charge on any atom is -0.481 e. The Morgan fingerprint density at radius 2 is 1.61 bits per heavy atom. The van der Waals surface area contributed by atoms with Crippen molar-refractivity contribution in [3.63, 3.8) is 0 Å². The summed E-state index contributed by atoms with van der Waals surface area (Å²) in [6.45, 7) is 0. The number of para-hydroxylation sites is 1. The minimum atomic E-state index is -1.34. The maximum Gasteiger partial charge on any atom is 0.326 e. The van der Waals surface area contributed by atoms with E-state index in [-0.39, 0.29) is 25.7 Å². The molecule has 178 valence electrons. The number of carbonyl (C=O) groups is 5. The molecule has 0 saturated heterocycles. The fraction of sp³-hybridized carbons (Fsp3) is 0.381. The van der Waals surface area contributed by atoms with Gasteiger partial charge in [0.25, 0.3) is 0 Å². The molecule has 0 bridgehead atoms. The van der Waals surface area contributed by atoms with Gasteiger partial charge in [0.2, 0.25) is 17.7 Å². The molecule has 1 aromatic heterocycles. The lowest BCUT2D eigenvalue weighted by Crippen LogP contribution is -2.55. The second-order valence-corrected chi connectivity index (χ2v) is 7.57. The number of benzene rings is 1. The standard InChI is InChI=1S/C21H27N5O7/c22-13(5-7-17(23)27)19(30)25-15(6-8-18(28)29)20(31)26-16(21(32)33)9-11-10-24-14-4-2-1-3-12(11)14/h1-4,10,13,15-16,24H,5-9,22H2,(H2,23,27)(H,25,30)(H,26,31)(H,28,29)(H,32,33). The predicted octanol–water partition coefficient (Wildman–Crippen LogP) is -0.778. The number of carboxylic acid groups (broad SMARTS) is 2. The molecule has 2 aromatic rings. The summed E-state index contributed by atoms with van der Waals surface area (Å²) in [6, 6.07) is 3.44. The Morgan fingerprint density at radius 1 is 0.939 bits per heavy atom. The van der Waals surface area contributed by atoms with Crippen LogP contribution in [0.5, 0.6) is 0 Å². The maximum atomic E-state index is 12.8. The Kier molecular flexibility index (Phi) is 8.92. The van der Waals surface area contributed by atoms with E-state index in [0.717, 1.165) is 10.9 Å². The van der Waals surface area contributed by atoms with Crippen LogP contribution in [-0.4, -0.2) is 63.0 Å². The number of nitrogens with two attached hydrogens (primary N) is 2. The van der Waals surface area contributed by atoms with Gasteiger partial charge in [-0.15, -0.1) is 0 Å². The molecule has 0 aliphatic carbocycles. The van der Waals surface area contributed by atoms with E-state index in [9.17, 15) is 29.1 Å². The molecule has 12 heteroatoms. The Morgan fingerprint density at radius 3 is 2.24 bits per heavy atom. The third-order valence-corrected chi connectivity index (χ3v) is 5.03. The number of carboxylic acids is 2. The highest BCUT2D eigenvalue weighted by Crippen LogP contribution is 2.19. The van der Waals surface area contributed by atoms with Gasteiger partial charge >= 0.3 is 11.9 Å². The molecule has 0 saturated carbocycles. The summed E-state index contributed by atoms with van der Waals surface area (Å²) < 4.78 is 0. The molecular weight excluding hydrogens is 434 g/mol. The van der Waals surface area contributed by atoms with Gasteiger partial charge in [0, 0.05) is 36.4 Å². The first kappa shape index (κ1) is 25.3. The number of H-pyrrole nitrogens is 1. The molecule has 1 heterocycles. The predicted molar refractivity (Wildman–Crippen MR) is 117 cm³/mol. The zero-order valence-corrected chi connectivity index (χ0v) is 17.7. The Bertz CT molecular complexity index is 1030. The van der Waals surface area contributed by atoms with E-state index in [2.05, 4.69) is 15.6 Å². The van der Waals surface area contributed by atoms with E-state index in [1.54, 1.807) is 12.3 Å². The van der Waals surface area contributed by atoms with Crippen LogP contribution in [0.3, 0.4) is 0 Å². The molecule has 3 atom stereocenters. The van der Waals surface area contributed by atoms with Crippen molar-refractivity contribution in [2.75, 3.05) is 0 Å². The highest BCUT2D eigenvalue weighted by Gasteiger charge is 2.29. The first-order valence-corrected chi connectivity index (χ1v) is 10.2. The Balaban J connectivity index is 2.11. The summed E-state index contributed by atoms with van der Waals surface area (Å²) in [5, 5.41) is 24.1. The maximum absolute atomic E-state index is 12.8. The average Bonchev–Trinajstić information content (AvgIpc) is 3.16. The van der Waals surface area contributed by atoms with Crippen molar-refractivity contribution >= 4 is 40.6 Å². The van der Waals surface area contributed by atoms with Crippen molar-refractivity contribution in [3.8, 4) is 0 Å². The Hall–Kier alpha value is -3.93. The van der Waals surface area contributed by atoms with Crippen LogP contribution in [0.15, 0.2) is 30.5 Å². The Labute approximate surface area is 188 Å². The van der Waals surface area contributed by atoms with Gasteiger partial charge in [-0.05, 0) is 24.5 Å². The third-order valence-electron chi connectivity index (χ3n) is 5.03. The van der Waals surface area contributed by atoms with Gasteiger partial charge in [-0.2, -0.15) is 0 Å². The summed E-state index contributed by atoms with van der Waals surface area (Å²) in [4.78, 5) is 61.8. The van der Waals surface area contributed by atoms with Crippen LogP contribution in [0.1, 0.15) is 31.2 Å². The first-order valence-electron chi connectivity index (χ1n) is 10.2. The third kappa shape index (κ3) is 7.61. The number of amides is 3. The molecule has 12 nitrogen and oxygen atoms in total. The highest BCUT2D eigenvalue weighted by atomic mass is 16.4. The summed E-state index contributed by atoms with van der Waals surface area (Å²) >= 11 is 0. The average molecular weight is 461 g/mol. The van der Waals surface area contributed by atoms with Crippen LogP contribution in [0.2, 0.25) is 0 Å². The number of primary amides is 1. The lowest BCUT2D eigenvalue weighted by atomic mass is 10.0. The van der Waals surface area contributed by atoms with E-state index < -0.39 is 54.2 Å². The quantitative estimate of drug-likeness (QED) is 0.200. The van der Waals surface area contributed by atoms with Crippen molar-refractivity contribution in [2.45, 2.75) is 50.2 Å². The zero-order chi connectivity index (χ0) is 24.5. The van der Waals surface area contributed by atoms with E-state index in [1.807, 2.05) is 18.2 Å². The molecule has 33 heavy (non-hydrogen) atoms. The van der Waals surface area contributed by atoms with Crippen molar-refractivity contribution in [3.05, 3.63) is 36.0 Å². The smallest absolute Gasteiger partial charge is 0.326 e. The topological polar surface area (TPSA) is 218 Å². The molecule has 2 rings (SSSR count). The normalized spacial score (nSPS) is 13.6. The van der Waals surface area contributed by atoms with Crippen molar-refractivity contribution in [1.82, 2.24) is 15.6 Å². The van der Waals surface area contributed by atoms with Crippen molar-refractivity contribution < 1.29 is 34.2 Å². The second kappa shape index (κ2) is 11.6. The molecule has 1 aromatic carbocycles. The van der Waals surface area contributed by atoms with Gasteiger partial charge in [0.1, 0.15) is 12.1 Å². The number of aromatic nitrogens is 1. The summed E-state index contributed by atoms with van der Waals surface area (Å²) in [5.41, 5.74) is 12.2. The molecule has 3 unspecified atom stereocenters. The van der Waals surface area contributed by atoms with Crippen LogP contribution in [0.25, 0.3) is 10.9 Å². The fourth-order valence-corrected chi connectivity index (χ4v) is 3.24. The summed E-state index contributed by atoms with van der Waals surface area (Å²) in [7, 11) is 0. The van der Waals surface area contributed by atoms with Crippen molar-refractivity contribution in [1.29, 1.82) is 0 Å². The van der Waals surface area contributed by atoms with Crippen LogP contribution in [0, 0.1) is 0 Å². The number of hydrogen-bond donors (Lipinski definition) is 7. The molecule has 3 amide bonds. The molecule has 0 aliphatic rings. The first-order chi connectivity index (χ1) is 15.6. The number of aromatic amines is 1. The van der Waals surface area contributed by atoms with Gasteiger partial charge in [-0.25, -0.2) is 4.79 Å². The van der Waals surface area contributed by atoms with E-state index in [0.29, 0.717) is 5.56 Å². The number of fused-ring (bicyclic) bond motifs is 1. The number of rotatable bonds is 13. The van der Waals surface area contributed by atoms with Crippen LogP contribution < -0.4 is 22.1 Å². The van der Waals surface area contributed by atoms with Gasteiger partial charge < -0.3 is 37.3 Å². The zero-order valence-electron chi connectivity index (χ0n) is 17.7. The molecule has 0 spiro atoms. The van der Waals surface area contributed by atoms with Gasteiger partial charge in [0.05, 0.1) is 6.04 Å². The number of hydrogen-bond acceptors (Lipinski definition) is 6. The molecule has 9 N–H and O–H groups in total. The largest absolute Gasteiger partial charge is 0.481 e. The van der Waals surface area contributed by atoms with Gasteiger partial charge in [0.15, 0.2) is 0 Å². The highest BCUT2D eigenvalue weighted by molar-refractivity contribution is 5.92. The summed E-state index contributed by atoms with van der Waals surface area (Å²) in [5.74, 6) is -4.80. The number of carbonyl (C=O) groups excluding carboxylic acids is 3. The van der Waals surface area contributed by atoms with E-state index >= 15 is 0 Å². The second-order valence-electron chi connectivity index (χ2n) is 7.57. The number of nitrogens with one attached hydrogen (secondary N) is 3. The molecule has 0 radical (unpaired) electrons. The van der Waals surface area contributed by atoms with Crippen molar-refractivity contribution in [2.24, 2.45) is 11.5 Å². The van der Waals surface area contributed by atoms with Crippen LogP contribution in [0.4, 0.5) is 0 Å². The lowest BCUT2D eigenvalue weighted by Gasteiger charge is -2.22. The van der Waals surface area contributed by atoms with E-state index in [1.165, 1.54) is 0 Å². The van der Waals surface area contributed by atoms with Crippen LogP contribution >= 0.6 is 0 Å². The minimum absolute atomic E-state index is 0.0389. The van der Waals surface area contributed by atoms with Gasteiger partial charge in [-0.1, -0.05) is 18.2 Å². The molecule has 0 aliphatic heterocycles. The monoisotopic (exact) mass is 461 g/mol. The fourth-order valence-electron chi connectivity index (χ4n) is 3.24. The van der Waals surface area contributed by atoms with Crippen LogP contribution in [-0.2, 0) is 30.4 Å². The lowest BCUT2D eigenvalue weighted by molar-refractivity contribution is -0.143. The summed E-state index contributed by atoms with van der Waals surface area (Å²) in [6.07, 6.45) is 0.667. The molecule has 0 fully saturated rings. The van der Waals surface area contributed by atoms with Gasteiger partial charge in [-0.3, -0.25) is 19.2 Å². The van der Waals surface area contributed by atoms with E-state index in [4.69, 9.17) is 16.6 Å².